The van der Waals surface area contributed by atoms with Crippen LogP contribution < -0.4 is 11.2 Å². The Labute approximate surface area is 98.1 Å². The minimum Gasteiger partial charge on any atom is -0.277 e. The van der Waals surface area contributed by atoms with Crippen molar-refractivity contribution in [2.45, 2.75) is 20.4 Å². The summed E-state index contributed by atoms with van der Waals surface area (Å²) in [6.07, 6.45) is 1.51. The zero-order valence-electron chi connectivity index (χ0n) is 10.5. The predicted molar refractivity (Wildman–Crippen MR) is 65.1 cm³/mol. The SMILES string of the molecule is CC(C)Cn1c(=O)n(C)c(=O)c2cnn(C)c21. The van der Waals surface area contributed by atoms with Gasteiger partial charge in [-0.1, -0.05) is 13.8 Å². The van der Waals surface area contributed by atoms with E-state index in [9.17, 15) is 9.59 Å². The van der Waals surface area contributed by atoms with Crippen LogP contribution in [0.5, 0.6) is 0 Å². The van der Waals surface area contributed by atoms with Crippen molar-refractivity contribution < 1.29 is 0 Å². The molecule has 0 fully saturated rings. The molecule has 0 amide bonds. The molecule has 6 heteroatoms. The van der Waals surface area contributed by atoms with Gasteiger partial charge in [0.2, 0.25) is 0 Å². The fourth-order valence-electron chi connectivity index (χ4n) is 1.97. The first-order valence-electron chi connectivity index (χ1n) is 5.55. The quantitative estimate of drug-likeness (QED) is 0.742. The van der Waals surface area contributed by atoms with E-state index in [1.165, 1.54) is 13.2 Å². The van der Waals surface area contributed by atoms with Gasteiger partial charge < -0.3 is 0 Å². The minimum atomic E-state index is -0.293. The van der Waals surface area contributed by atoms with Gasteiger partial charge in [0.05, 0.1) is 6.20 Å². The van der Waals surface area contributed by atoms with E-state index in [4.69, 9.17) is 0 Å². The van der Waals surface area contributed by atoms with Crippen molar-refractivity contribution in [3.8, 4) is 0 Å². The van der Waals surface area contributed by atoms with Crippen LogP contribution in [0.4, 0.5) is 0 Å². The number of nitrogens with zero attached hydrogens (tertiary/aromatic N) is 4. The first-order valence-corrected chi connectivity index (χ1v) is 5.55. The van der Waals surface area contributed by atoms with Gasteiger partial charge in [-0.05, 0) is 5.92 Å². The summed E-state index contributed by atoms with van der Waals surface area (Å²) in [6, 6.07) is 0. The van der Waals surface area contributed by atoms with Crippen LogP contribution in [0.3, 0.4) is 0 Å². The van der Waals surface area contributed by atoms with Gasteiger partial charge in [0.1, 0.15) is 11.0 Å². The van der Waals surface area contributed by atoms with Gasteiger partial charge in [0, 0.05) is 20.6 Å². The van der Waals surface area contributed by atoms with E-state index in [0.29, 0.717) is 23.5 Å². The highest BCUT2D eigenvalue weighted by atomic mass is 16.2. The fraction of sp³-hybridized carbons (Fsp3) is 0.545. The summed E-state index contributed by atoms with van der Waals surface area (Å²) in [5, 5.41) is 4.53. The Hall–Kier alpha value is -1.85. The maximum absolute atomic E-state index is 12.1. The van der Waals surface area contributed by atoms with Gasteiger partial charge in [-0.25, -0.2) is 4.79 Å². The molecule has 2 heterocycles. The van der Waals surface area contributed by atoms with Crippen LogP contribution in [0.2, 0.25) is 0 Å². The number of fused-ring (bicyclic) bond motifs is 1. The van der Waals surface area contributed by atoms with Gasteiger partial charge in [0.15, 0.2) is 0 Å². The Morgan fingerprint density at radius 3 is 2.53 bits per heavy atom. The van der Waals surface area contributed by atoms with Gasteiger partial charge in [-0.15, -0.1) is 0 Å². The largest absolute Gasteiger partial charge is 0.332 e. The lowest BCUT2D eigenvalue weighted by Gasteiger charge is -2.12. The summed E-state index contributed by atoms with van der Waals surface area (Å²) in [6.45, 7) is 4.63. The van der Waals surface area contributed by atoms with Crippen molar-refractivity contribution in [2.75, 3.05) is 0 Å². The second kappa shape index (κ2) is 3.87. The van der Waals surface area contributed by atoms with Crippen molar-refractivity contribution in [3.63, 3.8) is 0 Å². The van der Waals surface area contributed by atoms with E-state index in [2.05, 4.69) is 5.10 Å². The molecule has 2 aromatic rings. The lowest BCUT2D eigenvalue weighted by atomic mass is 10.2. The second-order valence-electron chi connectivity index (χ2n) is 4.66. The highest BCUT2D eigenvalue weighted by Crippen LogP contribution is 2.07. The molecule has 2 aromatic heterocycles. The topological polar surface area (TPSA) is 61.8 Å². The number of aryl methyl sites for hydroxylation is 1. The summed E-state index contributed by atoms with van der Waals surface area (Å²) < 4.78 is 4.31. The van der Waals surface area contributed by atoms with Gasteiger partial charge >= 0.3 is 5.69 Å². The van der Waals surface area contributed by atoms with Gasteiger partial charge in [-0.2, -0.15) is 5.10 Å². The Bertz CT molecular complexity index is 675. The molecule has 0 atom stereocenters. The Kier molecular flexibility index (Phi) is 2.65. The van der Waals surface area contributed by atoms with E-state index in [-0.39, 0.29) is 11.2 Å². The minimum absolute atomic E-state index is 0.292. The Morgan fingerprint density at radius 1 is 1.29 bits per heavy atom. The van der Waals surface area contributed by atoms with Crippen LogP contribution in [0.25, 0.3) is 11.0 Å². The summed E-state index contributed by atoms with van der Waals surface area (Å²) in [4.78, 5) is 24.0. The molecule has 0 N–H and O–H groups in total. The van der Waals surface area contributed by atoms with Crippen molar-refractivity contribution in [3.05, 3.63) is 27.0 Å². The molecule has 0 aliphatic heterocycles. The van der Waals surface area contributed by atoms with Crippen LogP contribution in [-0.2, 0) is 20.6 Å². The van der Waals surface area contributed by atoms with Crippen molar-refractivity contribution in [2.24, 2.45) is 20.0 Å². The summed E-state index contributed by atoms with van der Waals surface area (Å²) in [7, 11) is 3.23. The third-order valence-electron chi connectivity index (χ3n) is 2.76. The molecule has 0 saturated heterocycles. The summed E-state index contributed by atoms with van der Waals surface area (Å²) in [5.74, 6) is 0.323. The monoisotopic (exact) mass is 236 g/mol. The molecule has 2 rings (SSSR count). The van der Waals surface area contributed by atoms with Crippen LogP contribution in [0, 0.1) is 5.92 Å². The van der Waals surface area contributed by atoms with E-state index in [0.717, 1.165) is 4.57 Å². The first kappa shape index (κ1) is 11.6. The molecule has 0 unspecified atom stereocenters. The Morgan fingerprint density at radius 2 is 1.94 bits per heavy atom. The molecular weight excluding hydrogens is 220 g/mol. The molecule has 0 aromatic carbocycles. The molecule has 0 aliphatic carbocycles. The molecule has 0 bridgehead atoms. The molecule has 0 saturated carbocycles. The predicted octanol–water partition coefficient (Wildman–Crippen LogP) is 0.0897. The van der Waals surface area contributed by atoms with Crippen molar-refractivity contribution in [1.29, 1.82) is 0 Å². The lowest BCUT2D eigenvalue weighted by Crippen LogP contribution is -2.39. The van der Waals surface area contributed by atoms with Gasteiger partial charge in [0.25, 0.3) is 5.56 Å². The molecule has 92 valence electrons. The molecular formula is C11H16N4O2. The van der Waals surface area contributed by atoms with Crippen molar-refractivity contribution in [1.82, 2.24) is 18.9 Å². The second-order valence-corrected chi connectivity index (χ2v) is 4.66. The van der Waals surface area contributed by atoms with E-state index in [1.54, 1.807) is 16.3 Å². The fourth-order valence-corrected chi connectivity index (χ4v) is 1.97. The smallest absolute Gasteiger partial charge is 0.277 e. The Balaban J connectivity index is 2.93. The third kappa shape index (κ3) is 1.69. The molecule has 0 radical (unpaired) electrons. The number of rotatable bonds is 2. The number of hydrogen-bond acceptors (Lipinski definition) is 3. The lowest BCUT2D eigenvalue weighted by molar-refractivity contribution is 0.494. The molecule has 0 aliphatic rings. The van der Waals surface area contributed by atoms with Crippen LogP contribution in [0.1, 0.15) is 13.8 Å². The average Bonchev–Trinajstić information content (AvgIpc) is 2.63. The van der Waals surface area contributed by atoms with E-state index >= 15 is 0 Å². The maximum Gasteiger partial charge on any atom is 0.332 e. The summed E-state index contributed by atoms with van der Waals surface area (Å²) >= 11 is 0. The number of hydrogen-bond donors (Lipinski definition) is 0. The standard InChI is InChI=1S/C11H16N4O2/c1-7(2)6-15-9-8(5-12-14(9)4)10(16)13(3)11(15)17/h5,7H,6H2,1-4H3. The highest BCUT2D eigenvalue weighted by molar-refractivity contribution is 5.73. The molecule has 17 heavy (non-hydrogen) atoms. The molecule has 0 spiro atoms. The normalized spacial score (nSPS) is 11.6. The van der Waals surface area contributed by atoms with E-state index < -0.39 is 0 Å². The zero-order chi connectivity index (χ0) is 12.7. The summed E-state index contributed by atoms with van der Waals surface area (Å²) in [5.41, 5.74) is 0.00436. The number of aromatic nitrogens is 4. The first-order chi connectivity index (χ1) is 7.93. The van der Waals surface area contributed by atoms with Crippen molar-refractivity contribution >= 4 is 11.0 Å². The third-order valence-corrected chi connectivity index (χ3v) is 2.76. The van der Waals surface area contributed by atoms with Crippen LogP contribution in [-0.4, -0.2) is 18.9 Å². The zero-order valence-corrected chi connectivity index (χ0v) is 10.5. The molecule has 6 nitrogen and oxygen atoms in total. The van der Waals surface area contributed by atoms with Crippen LogP contribution in [0.15, 0.2) is 15.8 Å². The average molecular weight is 236 g/mol. The van der Waals surface area contributed by atoms with Gasteiger partial charge in [-0.3, -0.25) is 18.6 Å². The van der Waals surface area contributed by atoms with Crippen LogP contribution >= 0.6 is 0 Å². The maximum atomic E-state index is 12.1. The highest BCUT2D eigenvalue weighted by Gasteiger charge is 2.14. The van der Waals surface area contributed by atoms with E-state index in [1.807, 2.05) is 13.8 Å².